The monoisotopic (exact) mass is 628 g/mol. The summed E-state index contributed by atoms with van der Waals surface area (Å²) in [6, 6.07) is 28.5. The van der Waals surface area contributed by atoms with Gasteiger partial charge in [0.15, 0.2) is 6.61 Å². The van der Waals surface area contributed by atoms with Gasteiger partial charge in [-0.1, -0.05) is 74.0 Å². The number of anilines is 2. The Morgan fingerprint density at radius 2 is 1.21 bits per heavy atom. The number of imide groups is 1. The summed E-state index contributed by atoms with van der Waals surface area (Å²) in [5, 5.41) is 2.63. The molecule has 9 heteroatoms. The number of para-hydroxylation sites is 1. The maximum Gasteiger partial charge on any atom is 0.340 e. The van der Waals surface area contributed by atoms with Gasteiger partial charge < -0.3 is 14.8 Å². The van der Waals surface area contributed by atoms with Crippen LogP contribution in [0.1, 0.15) is 74.6 Å². The third-order valence-corrected chi connectivity index (χ3v) is 9.28. The van der Waals surface area contributed by atoms with E-state index in [1.165, 1.54) is 18.2 Å². The largest absolute Gasteiger partial charge is 0.462 e. The number of nitrogens with one attached hydrogen (secondary N) is 1. The molecule has 9 nitrogen and oxygen atoms in total. The van der Waals surface area contributed by atoms with Crippen LogP contribution in [-0.2, 0) is 23.9 Å². The summed E-state index contributed by atoms with van der Waals surface area (Å²) in [5.74, 6) is -4.34. The Labute approximate surface area is 271 Å². The minimum atomic E-state index is -0.842. The fraction of sp³-hybridized carbons (Fsp3) is 0.237. The number of rotatable bonds is 9. The van der Waals surface area contributed by atoms with Crippen molar-refractivity contribution in [2.45, 2.75) is 31.6 Å². The zero-order valence-corrected chi connectivity index (χ0v) is 25.7. The molecule has 3 amide bonds. The van der Waals surface area contributed by atoms with Gasteiger partial charge in [0.1, 0.15) is 0 Å². The van der Waals surface area contributed by atoms with E-state index < -0.39 is 36.3 Å². The molecular weight excluding hydrogens is 596 g/mol. The van der Waals surface area contributed by atoms with E-state index in [0.29, 0.717) is 17.9 Å². The fourth-order valence-electron chi connectivity index (χ4n) is 7.24. The standard InChI is InChI=1S/C38H32N2O7/c1-2-3-20-46-37(44)22-16-18-23(19-17-22)39-30(41)21-47-38(45)28-14-8-9-15-29(28)40-35(42)33-31-24-10-4-5-11-25(24)32(34(33)36(40)43)27-13-7-6-12-26(27)31/h4-19,31-34H,2-3,20-21H2,1H3,(H,39,41)/t31?,32?,33-,34-/m1/s1. The molecular formula is C38H32N2O7. The maximum atomic E-state index is 14.2. The summed E-state index contributed by atoms with van der Waals surface area (Å²) in [5.41, 5.74) is 5.13. The lowest BCUT2D eigenvalue weighted by molar-refractivity contribution is -0.122. The Bertz CT molecular complexity index is 1800. The molecule has 0 aromatic heterocycles. The molecule has 1 N–H and O–H groups in total. The van der Waals surface area contributed by atoms with Crippen LogP contribution in [0.25, 0.3) is 0 Å². The Balaban J connectivity index is 1.07. The van der Waals surface area contributed by atoms with Crippen molar-refractivity contribution in [2.75, 3.05) is 23.4 Å². The predicted octanol–water partition coefficient (Wildman–Crippen LogP) is 5.84. The van der Waals surface area contributed by atoms with Crippen LogP contribution in [0.2, 0.25) is 0 Å². The number of ether oxygens (including phenoxy) is 2. The SMILES string of the molecule is CCCCOC(=O)c1ccc(NC(=O)COC(=O)c2ccccc2N2C(=O)[C@@H]3C4c5ccccc5C(c5ccccc54)[C@H]3C2=O)cc1. The van der Waals surface area contributed by atoms with Gasteiger partial charge in [-0.3, -0.25) is 14.4 Å². The Morgan fingerprint density at radius 3 is 1.77 bits per heavy atom. The van der Waals surface area contributed by atoms with Crippen molar-refractivity contribution in [2.24, 2.45) is 11.8 Å². The van der Waals surface area contributed by atoms with E-state index in [2.05, 4.69) is 5.32 Å². The number of hydrogen-bond donors (Lipinski definition) is 1. The smallest absolute Gasteiger partial charge is 0.340 e. The van der Waals surface area contributed by atoms with E-state index in [1.807, 2.05) is 55.5 Å². The van der Waals surface area contributed by atoms with Gasteiger partial charge in [-0.05, 0) is 65.1 Å². The molecule has 1 heterocycles. The highest BCUT2D eigenvalue weighted by molar-refractivity contribution is 6.25. The van der Waals surface area contributed by atoms with Crippen molar-refractivity contribution in [3.8, 4) is 0 Å². The lowest BCUT2D eigenvalue weighted by Crippen LogP contribution is -2.41. The molecule has 2 atom stereocenters. The van der Waals surface area contributed by atoms with Gasteiger partial charge in [0.2, 0.25) is 11.8 Å². The Morgan fingerprint density at radius 1 is 0.681 bits per heavy atom. The number of carbonyl (C=O) groups is 5. The van der Waals surface area contributed by atoms with Gasteiger partial charge in [-0.2, -0.15) is 0 Å². The summed E-state index contributed by atoms with van der Waals surface area (Å²) in [4.78, 5) is 67.6. The minimum Gasteiger partial charge on any atom is -0.462 e. The highest BCUT2D eigenvalue weighted by atomic mass is 16.5. The van der Waals surface area contributed by atoms with Gasteiger partial charge >= 0.3 is 11.9 Å². The number of carbonyl (C=O) groups excluding carboxylic acids is 5. The van der Waals surface area contributed by atoms with Crippen LogP contribution in [0.3, 0.4) is 0 Å². The van der Waals surface area contributed by atoms with Crippen LogP contribution in [0.4, 0.5) is 11.4 Å². The first-order valence-corrected chi connectivity index (χ1v) is 15.8. The predicted molar refractivity (Wildman–Crippen MR) is 173 cm³/mol. The van der Waals surface area contributed by atoms with E-state index in [1.54, 1.807) is 30.3 Å². The molecule has 8 rings (SSSR count). The topological polar surface area (TPSA) is 119 Å². The first-order valence-electron chi connectivity index (χ1n) is 15.8. The van der Waals surface area contributed by atoms with Crippen molar-refractivity contribution in [1.29, 1.82) is 0 Å². The van der Waals surface area contributed by atoms with Gasteiger partial charge in [0.05, 0.1) is 35.3 Å². The zero-order chi connectivity index (χ0) is 32.7. The van der Waals surface area contributed by atoms with Crippen molar-refractivity contribution < 1.29 is 33.4 Å². The molecule has 4 aromatic rings. The normalized spacial score (nSPS) is 20.2. The molecule has 1 saturated heterocycles. The summed E-state index contributed by atoms with van der Waals surface area (Å²) in [6.07, 6.45) is 1.69. The summed E-state index contributed by atoms with van der Waals surface area (Å²) in [7, 11) is 0. The number of hydrogen-bond acceptors (Lipinski definition) is 7. The van der Waals surface area contributed by atoms with Gasteiger partial charge in [0.25, 0.3) is 5.91 Å². The molecule has 3 aliphatic carbocycles. The minimum absolute atomic E-state index is 0.00830. The third-order valence-electron chi connectivity index (χ3n) is 9.28. The van der Waals surface area contributed by atoms with E-state index in [4.69, 9.17) is 9.47 Å². The van der Waals surface area contributed by atoms with Gasteiger partial charge in [0, 0.05) is 17.5 Å². The van der Waals surface area contributed by atoms with E-state index in [9.17, 15) is 24.0 Å². The lowest BCUT2D eigenvalue weighted by Gasteiger charge is -2.45. The zero-order valence-electron chi connectivity index (χ0n) is 25.7. The number of amides is 3. The van der Waals surface area contributed by atoms with E-state index >= 15 is 0 Å². The molecule has 0 saturated carbocycles. The van der Waals surface area contributed by atoms with Gasteiger partial charge in [-0.25, -0.2) is 14.5 Å². The Hall–Kier alpha value is -5.57. The first kappa shape index (κ1) is 30.1. The second-order valence-corrected chi connectivity index (χ2v) is 12.0. The molecule has 1 fully saturated rings. The third kappa shape index (κ3) is 5.17. The van der Waals surface area contributed by atoms with Crippen molar-refractivity contribution >= 4 is 41.0 Å². The lowest BCUT2D eigenvalue weighted by atomic mass is 9.55. The molecule has 236 valence electrons. The molecule has 4 aliphatic rings. The quantitative estimate of drug-likeness (QED) is 0.141. The van der Waals surface area contributed by atoms with Crippen LogP contribution in [0.15, 0.2) is 97.1 Å². The Kier molecular flexibility index (Phi) is 7.89. The number of unbranched alkanes of at least 4 members (excludes halogenated alkanes) is 1. The summed E-state index contributed by atoms with van der Waals surface area (Å²) >= 11 is 0. The van der Waals surface area contributed by atoms with Gasteiger partial charge in [-0.15, -0.1) is 0 Å². The van der Waals surface area contributed by atoms with Crippen molar-refractivity contribution in [3.05, 3.63) is 130 Å². The summed E-state index contributed by atoms with van der Waals surface area (Å²) in [6.45, 7) is 1.74. The maximum absolute atomic E-state index is 14.2. The number of benzene rings is 4. The second-order valence-electron chi connectivity index (χ2n) is 12.0. The first-order chi connectivity index (χ1) is 22.9. The fourth-order valence-corrected chi connectivity index (χ4v) is 7.24. The summed E-state index contributed by atoms with van der Waals surface area (Å²) < 4.78 is 10.5. The van der Waals surface area contributed by atoms with Crippen molar-refractivity contribution in [1.82, 2.24) is 0 Å². The van der Waals surface area contributed by atoms with Crippen LogP contribution in [0.5, 0.6) is 0 Å². The molecule has 4 aromatic carbocycles. The second kappa shape index (κ2) is 12.3. The van der Waals surface area contributed by atoms with E-state index in [0.717, 1.165) is 40.0 Å². The van der Waals surface area contributed by atoms with Crippen LogP contribution < -0.4 is 10.2 Å². The number of nitrogens with zero attached hydrogens (tertiary/aromatic N) is 1. The molecule has 0 unspecified atom stereocenters. The average molecular weight is 629 g/mol. The molecule has 0 spiro atoms. The molecule has 47 heavy (non-hydrogen) atoms. The average Bonchev–Trinajstić information content (AvgIpc) is 3.37. The molecule has 0 radical (unpaired) electrons. The highest BCUT2D eigenvalue weighted by Crippen LogP contribution is 2.61. The molecule has 2 bridgehead atoms. The van der Waals surface area contributed by atoms with Crippen LogP contribution >= 0.6 is 0 Å². The highest BCUT2D eigenvalue weighted by Gasteiger charge is 2.62. The number of esters is 2. The van der Waals surface area contributed by atoms with Crippen LogP contribution in [-0.4, -0.2) is 42.9 Å². The van der Waals surface area contributed by atoms with Crippen molar-refractivity contribution in [3.63, 3.8) is 0 Å². The van der Waals surface area contributed by atoms with E-state index in [-0.39, 0.29) is 34.9 Å². The molecule has 1 aliphatic heterocycles. The van der Waals surface area contributed by atoms with Crippen LogP contribution in [0, 0.1) is 11.8 Å².